The van der Waals surface area contributed by atoms with Crippen LogP contribution >= 0.6 is 11.8 Å². The predicted octanol–water partition coefficient (Wildman–Crippen LogP) is 3.50. The number of nitrogens with zero attached hydrogens (tertiary/aromatic N) is 3. The summed E-state index contributed by atoms with van der Waals surface area (Å²) in [5.41, 5.74) is -1.13. The lowest BCUT2D eigenvalue weighted by Crippen LogP contribution is -2.49. The maximum Gasteiger partial charge on any atom is 0.420 e. The van der Waals surface area contributed by atoms with Crippen LogP contribution in [-0.4, -0.2) is 54.6 Å². The first-order chi connectivity index (χ1) is 17.6. The van der Waals surface area contributed by atoms with Gasteiger partial charge in [-0.15, -0.1) is 0 Å². The van der Waals surface area contributed by atoms with Crippen molar-refractivity contribution in [2.75, 3.05) is 32.7 Å². The fraction of sp³-hybridized carbons (Fsp3) is 0.250. The van der Waals surface area contributed by atoms with Gasteiger partial charge in [0.25, 0.3) is 5.91 Å². The number of hydrogen-bond acceptors (Lipinski definition) is 7. The highest BCUT2D eigenvalue weighted by Crippen LogP contribution is 2.39. The first-order valence-corrected chi connectivity index (χ1v) is 11.8. The van der Waals surface area contributed by atoms with Crippen LogP contribution in [0.5, 0.6) is 11.5 Å². The van der Waals surface area contributed by atoms with Crippen molar-refractivity contribution in [3.8, 4) is 17.6 Å². The average Bonchev–Trinajstić information content (AvgIpc) is 3.19. The molecule has 192 valence electrons. The molecule has 37 heavy (non-hydrogen) atoms. The van der Waals surface area contributed by atoms with Crippen LogP contribution in [0.3, 0.4) is 0 Å². The molecular formula is C24H19F4N5O3S. The Morgan fingerprint density at radius 3 is 2.70 bits per heavy atom. The van der Waals surface area contributed by atoms with Gasteiger partial charge in [0.05, 0.1) is 28.6 Å². The number of carbonyl (C=O) groups excluding carboxylic acids is 2. The zero-order valence-electron chi connectivity index (χ0n) is 19.1. The summed E-state index contributed by atoms with van der Waals surface area (Å²) >= 11 is 1.07. The highest BCUT2D eigenvalue weighted by atomic mass is 32.2. The summed E-state index contributed by atoms with van der Waals surface area (Å²) in [5.74, 6) is -2.59. The maximum absolute atomic E-state index is 14.7. The van der Waals surface area contributed by atoms with Gasteiger partial charge >= 0.3 is 6.18 Å². The molecule has 0 unspecified atom stereocenters. The monoisotopic (exact) mass is 533 g/mol. The minimum absolute atomic E-state index is 0.0411. The minimum atomic E-state index is -4.81. The zero-order chi connectivity index (χ0) is 26.6. The number of rotatable bonds is 6. The SMILES string of the molecule is N#Cc1ccc(Oc2ccc(/C=C3\SC(NCCN4CCNC(=O)C4)=NC3=O)cc2F)c(C(F)(F)F)c1. The van der Waals surface area contributed by atoms with E-state index in [1.807, 2.05) is 4.90 Å². The standard InChI is InChI=1S/C24H19F4N5O3S/c25-17-10-14(1-4-19(17)36-18-3-2-15(12-29)9-16(18)24(26,27)28)11-20-22(35)32-23(37-20)31-6-8-33-7-5-30-21(34)13-33/h1-4,9-11H,5-8,13H2,(H,30,34)(H,31,32,35)/b20-11-. The number of benzene rings is 2. The number of nitriles is 1. The Bertz CT molecular complexity index is 1340. The Morgan fingerprint density at radius 1 is 1.22 bits per heavy atom. The zero-order valence-corrected chi connectivity index (χ0v) is 19.9. The third kappa shape index (κ3) is 6.66. The molecule has 2 aromatic carbocycles. The van der Waals surface area contributed by atoms with E-state index in [-0.39, 0.29) is 21.9 Å². The van der Waals surface area contributed by atoms with E-state index in [2.05, 4.69) is 15.6 Å². The Balaban J connectivity index is 1.40. The van der Waals surface area contributed by atoms with Crippen molar-refractivity contribution in [3.05, 3.63) is 63.8 Å². The molecule has 2 amide bonds. The molecule has 0 radical (unpaired) electrons. The van der Waals surface area contributed by atoms with Crippen molar-refractivity contribution in [2.45, 2.75) is 6.18 Å². The van der Waals surface area contributed by atoms with Crippen LogP contribution < -0.4 is 15.4 Å². The third-order valence-corrected chi connectivity index (χ3v) is 6.27. The average molecular weight is 534 g/mol. The lowest BCUT2D eigenvalue weighted by molar-refractivity contribution is -0.138. The molecule has 0 aliphatic carbocycles. The van der Waals surface area contributed by atoms with Gasteiger partial charge in [0.1, 0.15) is 5.75 Å². The summed E-state index contributed by atoms with van der Waals surface area (Å²) in [7, 11) is 0. The van der Waals surface area contributed by atoms with E-state index in [0.29, 0.717) is 37.4 Å². The molecule has 2 heterocycles. The molecule has 1 saturated heterocycles. The number of alkyl halides is 3. The number of halogens is 4. The van der Waals surface area contributed by atoms with Gasteiger partial charge in [-0.1, -0.05) is 6.07 Å². The van der Waals surface area contributed by atoms with Gasteiger partial charge < -0.3 is 15.4 Å². The van der Waals surface area contributed by atoms with Crippen molar-refractivity contribution in [3.63, 3.8) is 0 Å². The number of carbonyl (C=O) groups is 2. The van der Waals surface area contributed by atoms with E-state index in [4.69, 9.17) is 10.00 Å². The molecule has 2 aliphatic heterocycles. The third-order valence-electron chi connectivity index (χ3n) is 5.33. The number of aliphatic imine (C=N–C) groups is 1. The van der Waals surface area contributed by atoms with E-state index >= 15 is 0 Å². The van der Waals surface area contributed by atoms with Gasteiger partial charge in [-0.05, 0) is 53.7 Å². The largest absolute Gasteiger partial charge is 0.454 e. The highest BCUT2D eigenvalue weighted by molar-refractivity contribution is 8.18. The minimum Gasteiger partial charge on any atom is -0.454 e. The summed E-state index contributed by atoms with van der Waals surface area (Å²) in [4.78, 5) is 29.8. The van der Waals surface area contributed by atoms with Crippen LogP contribution in [0.25, 0.3) is 6.08 Å². The van der Waals surface area contributed by atoms with E-state index in [0.717, 1.165) is 42.6 Å². The molecule has 0 saturated carbocycles. The van der Waals surface area contributed by atoms with Crippen LogP contribution in [0.4, 0.5) is 17.6 Å². The number of thioether (sulfide) groups is 1. The molecule has 0 bridgehead atoms. The quantitative estimate of drug-likeness (QED) is 0.433. The number of ether oxygens (including phenoxy) is 1. The molecule has 2 aromatic rings. The second-order valence-corrected chi connectivity index (χ2v) is 9.03. The summed E-state index contributed by atoms with van der Waals surface area (Å²) in [6.07, 6.45) is -3.40. The number of amidine groups is 1. The normalized spacial score (nSPS) is 17.4. The molecule has 13 heteroatoms. The van der Waals surface area contributed by atoms with E-state index in [1.54, 1.807) is 6.07 Å². The fourth-order valence-corrected chi connectivity index (χ4v) is 4.40. The molecule has 2 aliphatic rings. The topological polar surface area (TPSA) is 107 Å². The van der Waals surface area contributed by atoms with Gasteiger partial charge in [-0.2, -0.15) is 23.4 Å². The van der Waals surface area contributed by atoms with Gasteiger partial charge in [-0.25, -0.2) is 4.39 Å². The van der Waals surface area contributed by atoms with E-state index in [9.17, 15) is 27.2 Å². The number of amides is 2. The number of nitrogens with one attached hydrogen (secondary N) is 2. The molecule has 8 nitrogen and oxygen atoms in total. The van der Waals surface area contributed by atoms with Gasteiger partial charge in [0.15, 0.2) is 16.7 Å². The Hall–Kier alpha value is -3.89. The molecule has 0 atom stereocenters. The summed E-state index contributed by atoms with van der Waals surface area (Å²) in [6, 6.07) is 7.91. The predicted molar refractivity (Wildman–Crippen MR) is 128 cm³/mol. The van der Waals surface area contributed by atoms with Crippen molar-refractivity contribution in [1.82, 2.24) is 15.5 Å². The molecule has 0 aromatic heterocycles. The maximum atomic E-state index is 14.7. The number of hydrogen-bond donors (Lipinski definition) is 2. The van der Waals surface area contributed by atoms with E-state index < -0.39 is 35.0 Å². The first kappa shape index (κ1) is 26.2. The lowest BCUT2D eigenvalue weighted by atomic mass is 10.1. The van der Waals surface area contributed by atoms with Crippen LogP contribution in [0.1, 0.15) is 16.7 Å². The van der Waals surface area contributed by atoms with Gasteiger partial charge in [0.2, 0.25) is 5.91 Å². The van der Waals surface area contributed by atoms with Crippen molar-refractivity contribution < 1.29 is 31.9 Å². The van der Waals surface area contributed by atoms with Crippen molar-refractivity contribution in [1.29, 1.82) is 5.26 Å². The van der Waals surface area contributed by atoms with Crippen molar-refractivity contribution >= 4 is 34.8 Å². The first-order valence-electron chi connectivity index (χ1n) is 11.0. The Morgan fingerprint density at radius 2 is 2.00 bits per heavy atom. The Kier molecular flexibility index (Phi) is 7.80. The second-order valence-electron chi connectivity index (χ2n) is 8.00. The summed E-state index contributed by atoms with van der Waals surface area (Å²) < 4.78 is 59.9. The molecule has 4 rings (SSSR count). The van der Waals surface area contributed by atoms with Crippen LogP contribution in [0.15, 0.2) is 46.3 Å². The Labute approximate surface area is 213 Å². The molecule has 0 spiro atoms. The van der Waals surface area contributed by atoms with Gasteiger partial charge in [0, 0.05) is 26.2 Å². The van der Waals surface area contributed by atoms with Crippen molar-refractivity contribution in [2.24, 2.45) is 4.99 Å². The van der Waals surface area contributed by atoms with Gasteiger partial charge in [-0.3, -0.25) is 14.5 Å². The number of piperazine rings is 1. The molecule has 2 N–H and O–H groups in total. The summed E-state index contributed by atoms with van der Waals surface area (Å²) in [6.45, 7) is 2.67. The van der Waals surface area contributed by atoms with Crippen LogP contribution in [0, 0.1) is 17.1 Å². The van der Waals surface area contributed by atoms with E-state index in [1.165, 1.54) is 12.1 Å². The fourth-order valence-electron chi connectivity index (χ4n) is 3.56. The second kappa shape index (κ2) is 11.0. The molecular weight excluding hydrogens is 514 g/mol. The van der Waals surface area contributed by atoms with Crippen LogP contribution in [-0.2, 0) is 15.8 Å². The summed E-state index contributed by atoms with van der Waals surface area (Å²) in [5, 5.41) is 15.0. The molecule has 1 fully saturated rings. The van der Waals surface area contributed by atoms with Crippen LogP contribution in [0.2, 0.25) is 0 Å². The lowest BCUT2D eigenvalue weighted by Gasteiger charge is -2.26. The smallest absolute Gasteiger partial charge is 0.420 e. The highest BCUT2D eigenvalue weighted by Gasteiger charge is 2.35.